The quantitative estimate of drug-likeness (QED) is 0.791. The van der Waals surface area contributed by atoms with Gasteiger partial charge < -0.3 is 4.90 Å². The van der Waals surface area contributed by atoms with Gasteiger partial charge in [-0.25, -0.2) is 0 Å². The number of halogens is 1. The minimum atomic E-state index is 0.899. The number of rotatable bonds is 3. The Labute approximate surface area is 116 Å². The molecule has 0 spiro atoms. The van der Waals surface area contributed by atoms with Gasteiger partial charge in [0, 0.05) is 5.02 Å². The average molecular weight is 266 g/mol. The fourth-order valence-corrected chi connectivity index (χ4v) is 3.04. The van der Waals surface area contributed by atoms with Crippen molar-refractivity contribution in [3.63, 3.8) is 0 Å². The van der Waals surface area contributed by atoms with E-state index in [1.54, 1.807) is 0 Å². The number of nitrogens with zero attached hydrogens (tertiary/aromatic N) is 1. The number of likely N-dealkylation sites (tertiary alicyclic amines) is 1. The number of hydrogen-bond acceptors (Lipinski definition) is 1. The Bertz CT molecular complexity index is 406. The molecule has 1 aliphatic heterocycles. The van der Waals surface area contributed by atoms with Crippen LogP contribution in [0.4, 0.5) is 0 Å². The average Bonchev–Trinajstić information content (AvgIpc) is 2.34. The van der Waals surface area contributed by atoms with E-state index in [-0.39, 0.29) is 0 Å². The summed E-state index contributed by atoms with van der Waals surface area (Å²) in [5, 5.41) is 0.899. The number of piperidine rings is 1. The smallest absolute Gasteiger partial charge is 0.0438 e. The molecule has 0 saturated carbocycles. The van der Waals surface area contributed by atoms with Gasteiger partial charge in [-0.05, 0) is 88.3 Å². The van der Waals surface area contributed by atoms with Crippen molar-refractivity contribution in [3.05, 3.63) is 33.8 Å². The van der Waals surface area contributed by atoms with Gasteiger partial charge in [-0.3, -0.25) is 0 Å². The molecule has 1 fully saturated rings. The second-order valence-corrected chi connectivity index (χ2v) is 6.22. The Morgan fingerprint density at radius 2 is 1.83 bits per heavy atom. The van der Waals surface area contributed by atoms with Gasteiger partial charge in [0.15, 0.2) is 0 Å². The summed E-state index contributed by atoms with van der Waals surface area (Å²) in [5.74, 6) is 0.914. The van der Waals surface area contributed by atoms with Crippen LogP contribution in [0, 0.1) is 19.8 Å². The van der Waals surface area contributed by atoms with E-state index in [9.17, 15) is 0 Å². The largest absolute Gasteiger partial charge is 0.306 e. The van der Waals surface area contributed by atoms with Crippen LogP contribution in [-0.2, 0) is 6.42 Å². The first-order valence-electron chi connectivity index (χ1n) is 7.00. The maximum absolute atomic E-state index is 6.15. The Hall–Kier alpha value is -0.530. The minimum absolute atomic E-state index is 0.899. The molecule has 0 radical (unpaired) electrons. The predicted octanol–water partition coefficient (Wildman–Crippen LogP) is 4.23. The summed E-state index contributed by atoms with van der Waals surface area (Å²) in [6.07, 6.45) is 5.26. The van der Waals surface area contributed by atoms with Crippen LogP contribution >= 0.6 is 11.6 Å². The SMILES string of the molecule is Cc1cc(CCC2CCN(C)CC2)c(C)cc1Cl. The first-order valence-corrected chi connectivity index (χ1v) is 7.38. The molecule has 100 valence electrons. The Morgan fingerprint density at radius 3 is 2.50 bits per heavy atom. The van der Waals surface area contributed by atoms with Gasteiger partial charge in [0.05, 0.1) is 0 Å². The van der Waals surface area contributed by atoms with E-state index in [4.69, 9.17) is 11.6 Å². The molecule has 0 N–H and O–H groups in total. The van der Waals surface area contributed by atoms with Crippen LogP contribution in [0.1, 0.15) is 36.0 Å². The Kier molecular flexibility index (Phi) is 4.69. The molecule has 0 unspecified atom stereocenters. The zero-order valence-corrected chi connectivity index (χ0v) is 12.6. The lowest BCUT2D eigenvalue weighted by Crippen LogP contribution is -2.30. The summed E-state index contributed by atoms with van der Waals surface area (Å²) in [5.41, 5.74) is 4.04. The zero-order chi connectivity index (χ0) is 13.1. The van der Waals surface area contributed by atoms with E-state index < -0.39 is 0 Å². The van der Waals surface area contributed by atoms with E-state index in [1.165, 1.54) is 55.5 Å². The van der Waals surface area contributed by atoms with Crippen molar-refractivity contribution >= 4 is 11.6 Å². The van der Waals surface area contributed by atoms with Crippen molar-refractivity contribution in [2.24, 2.45) is 5.92 Å². The van der Waals surface area contributed by atoms with Gasteiger partial charge >= 0.3 is 0 Å². The lowest BCUT2D eigenvalue weighted by Gasteiger charge is -2.29. The molecule has 1 aromatic rings. The highest BCUT2D eigenvalue weighted by Crippen LogP contribution is 2.25. The molecule has 0 aliphatic carbocycles. The molecular weight excluding hydrogens is 242 g/mol. The van der Waals surface area contributed by atoms with Crippen LogP contribution in [0.5, 0.6) is 0 Å². The molecular formula is C16H24ClN. The summed E-state index contributed by atoms with van der Waals surface area (Å²) in [6, 6.07) is 4.38. The van der Waals surface area contributed by atoms with E-state index in [0.717, 1.165) is 10.9 Å². The summed E-state index contributed by atoms with van der Waals surface area (Å²) in [7, 11) is 2.23. The molecule has 1 nitrogen and oxygen atoms in total. The van der Waals surface area contributed by atoms with Crippen LogP contribution in [-0.4, -0.2) is 25.0 Å². The second kappa shape index (κ2) is 6.08. The van der Waals surface area contributed by atoms with Crippen molar-refractivity contribution in [3.8, 4) is 0 Å². The predicted molar refractivity (Wildman–Crippen MR) is 79.5 cm³/mol. The molecule has 1 aliphatic rings. The van der Waals surface area contributed by atoms with Crippen LogP contribution in [0.2, 0.25) is 5.02 Å². The van der Waals surface area contributed by atoms with Gasteiger partial charge in [0.25, 0.3) is 0 Å². The van der Waals surface area contributed by atoms with Crippen molar-refractivity contribution in [2.45, 2.75) is 39.5 Å². The third-order valence-corrected chi connectivity index (χ3v) is 4.68. The van der Waals surface area contributed by atoms with E-state index in [0.29, 0.717) is 0 Å². The standard InChI is InChI=1S/C16H24ClN/c1-12-11-16(17)13(2)10-15(12)5-4-14-6-8-18(3)9-7-14/h10-11,14H,4-9H2,1-3H3. The molecule has 1 aromatic carbocycles. The molecule has 0 aromatic heterocycles. The molecule has 1 heterocycles. The molecule has 1 saturated heterocycles. The lowest BCUT2D eigenvalue weighted by atomic mass is 9.89. The van der Waals surface area contributed by atoms with Crippen molar-refractivity contribution in [1.29, 1.82) is 0 Å². The maximum atomic E-state index is 6.15. The van der Waals surface area contributed by atoms with Gasteiger partial charge in [0.1, 0.15) is 0 Å². The third-order valence-electron chi connectivity index (χ3n) is 4.28. The number of benzene rings is 1. The molecule has 0 atom stereocenters. The first-order chi connectivity index (χ1) is 8.56. The Morgan fingerprint density at radius 1 is 1.17 bits per heavy atom. The minimum Gasteiger partial charge on any atom is -0.306 e. The fraction of sp³-hybridized carbons (Fsp3) is 0.625. The fourth-order valence-electron chi connectivity index (χ4n) is 2.82. The van der Waals surface area contributed by atoms with Crippen LogP contribution in [0.25, 0.3) is 0 Å². The number of hydrogen-bond donors (Lipinski definition) is 0. The highest BCUT2D eigenvalue weighted by Gasteiger charge is 2.16. The molecule has 2 heteroatoms. The van der Waals surface area contributed by atoms with Crippen molar-refractivity contribution in [1.82, 2.24) is 4.90 Å². The highest BCUT2D eigenvalue weighted by atomic mass is 35.5. The molecule has 0 amide bonds. The van der Waals surface area contributed by atoms with Crippen molar-refractivity contribution < 1.29 is 0 Å². The van der Waals surface area contributed by atoms with Gasteiger partial charge in [-0.2, -0.15) is 0 Å². The van der Waals surface area contributed by atoms with E-state index in [1.807, 2.05) is 0 Å². The Balaban J connectivity index is 1.92. The van der Waals surface area contributed by atoms with Crippen LogP contribution in [0.15, 0.2) is 12.1 Å². The topological polar surface area (TPSA) is 3.24 Å². The molecule has 0 bridgehead atoms. The summed E-state index contributed by atoms with van der Waals surface area (Å²) >= 11 is 6.15. The summed E-state index contributed by atoms with van der Waals surface area (Å²) < 4.78 is 0. The maximum Gasteiger partial charge on any atom is 0.0438 e. The normalized spacial score (nSPS) is 18.2. The lowest BCUT2D eigenvalue weighted by molar-refractivity contribution is 0.212. The van der Waals surface area contributed by atoms with Crippen LogP contribution in [0.3, 0.4) is 0 Å². The monoisotopic (exact) mass is 265 g/mol. The van der Waals surface area contributed by atoms with E-state index >= 15 is 0 Å². The summed E-state index contributed by atoms with van der Waals surface area (Å²) in [4.78, 5) is 2.44. The number of aryl methyl sites for hydroxylation is 3. The van der Waals surface area contributed by atoms with E-state index in [2.05, 4.69) is 37.9 Å². The van der Waals surface area contributed by atoms with Crippen molar-refractivity contribution in [2.75, 3.05) is 20.1 Å². The van der Waals surface area contributed by atoms with Gasteiger partial charge in [-0.1, -0.05) is 17.7 Å². The van der Waals surface area contributed by atoms with Crippen LogP contribution < -0.4 is 0 Å². The zero-order valence-electron chi connectivity index (χ0n) is 11.8. The second-order valence-electron chi connectivity index (χ2n) is 5.81. The van der Waals surface area contributed by atoms with Gasteiger partial charge in [0.2, 0.25) is 0 Å². The molecule has 2 rings (SSSR count). The molecule has 18 heavy (non-hydrogen) atoms. The first kappa shape index (κ1) is 13.9. The highest BCUT2D eigenvalue weighted by molar-refractivity contribution is 6.31. The third kappa shape index (κ3) is 3.49. The summed E-state index contributed by atoms with van der Waals surface area (Å²) in [6.45, 7) is 6.81. The van der Waals surface area contributed by atoms with Gasteiger partial charge in [-0.15, -0.1) is 0 Å².